The number of amidine groups is 1. The Labute approximate surface area is 94.4 Å². The predicted octanol–water partition coefficient (Wildman–Crippen LogP) is 2.31. The van der Waals surface area contributed by atoms with E-state index >= 15 is 0 Å². The molecule has 0 unspecified atom stereocenters. The molecular formula is C12H15FN2O. The molecule has 0 bridgehead atoms. The smallest absolute Gasteiger partial charge is 0.152 e. The number of nitrogens with zero attached hydrogens (tertiary/aromatic N) is 1. The minimum Gasteiger partial charge on any atom is -0.360 e. The third kappa shape index (κ3) is 2.66. The second kappa shape index (κ2) is 5.39. The van der Waals surface area contributed by atoms with E-state index in [1.165, 1.54) is 12.1 Å². The zero-order valence-corrected chi connectivity index (χ0v) is 9.46. The zero-order chi connectivity index (χ0) is 12.1. The maximum atomic E-state index is 13.3. The molecule has 0 radical (unpaired) electrons. The molecule has 0 aliphatic carbocycles. The van der Waals surface area contributed by atoms with Gasteiger partial charge in [-0.25, -0.2) is 4.39 Å². The van der Waals surface area contributed by atoms with E-state index in [9.17, 15) is 9.18 Å². The molecule has 1 aromatic rings. The van der Waals surface area contributed by atoms with Gasteiger partial charge in [0, 0.05) is 19.2 Å². The van der Waals surface area contributed by atoms with Gasteiger partial charge in [-0.15, -0.1) is 0 Å². The van der Waals surface area contributed by atoms with Gasteiger partial charge in [-0.05, 0) is 18.6 Å². The number of carbonyl (C=O) groups is 1. The van der Waals surface area contributed by atoms with Gasteiger partial charge in [0.2, 0.25) is 0 Å². The first-order valence-electron chi connectivity index (χ1n) is 5.15. The average molecular weight is 222 g/mol. The highest BCUT2D eigenvalue weighted by Crippen LogP contribution is 2.10. The summed E-state index contributed by atoms with van der Waals surface area (Å²) in [6.07, 6.45) is 1.40. The number of hydrogen-bond acceptors (Lipinski definition) is 2. The van der Waals surface area contributed by atoms with E-state index in [1.807, 2.05) is 6.92 Å². The van der Waals surface area contributed by atoms with Gasteiger partial charge in [-0.2, -0.15) is 0 Å². The van der Waals surface area contributed by atoms with E-state index in [4.69, 9.17) is 5.41 Å². The Hall–Kier alpha value is -1.71. The molecule has 0 saturated heterocycles. The van der Waals surface area contributed by atoms with Crippen molar-refractivity contribution in [1.29, 1.82) is 5.41 Å². The van der Waals surface area contributed by atoms with Crippen molar-refractivity contribution in [3.8, 4) is 0 Å². The van der Waals surface area contributed by atoms with Gasteiger partial charge in [-0.1, -0.05) is 13.0 Å². The summed E-state index contributed by atoms with van der Waals surface area (Å²) in [5.74, 6) is -0.319. The fraction of sp³-hybridized carbons (Fsp3) is 0.333. The van der Waals surface area contributed by atoms with Crippen LogP contribution in [0.15, 0.2) is 18.2 Å². The van der Waals surface area contributed by atoms with Crippen LogP contribution in [0.2, 0.25) is 0 Å². The van der Waals surface area contributed by atoms with E-state index in [0.717, 1.165) is 13.0 Å². The molecule has 0 aliphatic heterocycles. The zero-order valence-electron chi connectivity index (χ0n) is 9.46. The lowest BCUT2D eigenvalue weighted by atomic mass is 10.1. The van der Waals surface area contributed by atoms with Gasteiger partial charge >= 0.3 is 0 Å². The van der Waals surface area contributed by atoms with Gasteiger partial charge in [-0.3, -0.25) is 10.2 Å². The van der Waals surface area contributed by atoms with Crippen LogP contribution in [0.4, 0.5) is 4.39 Å². The molecule has 16 heavy (non-hydrogen) atoms. The molecule has 1 rings (SSSR count). The third-order valence-electron chi connectivity index (χ3n) is 2.34. The molecule has 86 valence electrons. The maximum Gasteiger partial charge on any atom is 0.152 e. The predicted molar refractivity (Wildman–Crippen MR) is 61.5 cm³/mol. The molecule has 0 atom stereocenters. The molecular weight excluding hydrogens is 207 g/mol. The Morgan fingerprint density at radius 2 is 2.25 bits per heavy atom. The molecule has 0 fully saturated rings. The molecule has 0 aromatic heterocycles. The van der Waals surface area contributed by atoms with Crippen molar-refractivity contribution in [2.45, 2.75) is 13.3 Å². The van der Waals surface area contributed by atoms with Crippen molar-refractivity contribution in [3.63, 3.8) is 0 Å². The Morgan fingerprint density at radius 3 is 2.75 bits per heavy atom. The second-order valence-electron chi connectivity index (χ2n) is 3.62. The van der Waals surface area contributed by atoms with E-state index in [0.29, 0.717) is 11.8 Å². The highest BCUT2D eigenvalue weighted by atomic mass is 19.1. The maximum absolute atomic E-state index is 13.3. The van der Waals surface area contributed by atoms with Crippen molar-refractivity contribution in [2.75, 3.05) is 13.6 Å². The van der Waals surface area contributed by atoms with Gasteiger partial charge in [0.05, 0.1) is 5.56 Å². The lowest BCUT2D eigenvalue weighted by Gasteiger charge is -2.19. The summed E-state index contributed by atoms with van der Waals surface area (Å²) in [4.78, 5) is 12.2. The van der Waals surface area contributed by atoms with Crippen molar-refractivity contribution >= 4 is 12.1 Å². The molecule has 1 aromatic carbocycles. The summed E-state index contributed by atoms with van der Waals surface area (Å²) in [6, 6.07) is 4.20. The van der Waals surface area contributed by atoms with Crippen LogP contribution in [-0.4, -0.2) is 30.6 Å². The molecule has 3 nitrogen and oxygen atoms in total. The third-order valence-corrected chi connectivity index (χ3v) is 2.34. The van der Waals surface area contributed by atoms with Crippen LogP contribution in [0, 0.1) is 11.2 Å². The molecule has 0 saturated carbocycles. The highest BCUT2D eigenvalue weighted by Gasteiger charge is 2.09. The summed E-state index contributed by atoms with van der Waals surface area (Å²) in [7, 11) is 1.79. The molecule has 0 spiro atoms. The van der Waals surface area contributed by atoms with E-state index in [1.54, 1.807) is 18.0 Å². The number of halogens is 1. The van der Waals surface area contributed by atoms with E-state index in [-0.39, 0.29) is 11.4 Å². The standard InChI is InChI=1S/C12H15FN2O/c1-3-6-15(2)12(14)9-4-5-10(8-16)11(13)7-9/h4-5,7-8,14H,3,6H2,1-2H3. The van der Waals surface area contributed by atoms with Crippen LogP contribution in [0.3, 0.4) is 0 Å². The summed E-state index contributed by atoms with van der Waals surface area (Å²) < 4.78 is 13.3. The van der Waals surface area contributed by atoms with Crippen LogP contribution in [0.5, 0.6) is 0 Å². The Bertz CT molecular complexity index is 404. The summed E-state index contributed by atoms with van der Waals surface area (Å²) >= 11 is 0. The van der Waals surface area contributed by atoms with E-state index in [2.05, 4.69) is 0 Å². The van der Waals surface area contributed by atoms with Gasteiger partial charge in [0.1, 0.15) is 11.7 Å². The monoisotopic (exact) mass is 222 g/mol. The number of carbonyl (C=O) groups excluding carboxylic acids is 1. The lowest BCUT2D eigenvalue weighted by molar-refractivity contribution is 0.112. The number of nitrogens with one attached hydrogen (secondary N) is 1. The number of hydrogen-bond donors (Lipinski definition) is 1. The Morgan fingerprint density at radius 1 is 1.56 bits per heavy atom. The van der Waals surface area contributed by atoms with Crippen molar-refractivity contribution in [3.05, 3.63) is 35.1 Å². The van der Waals surface area contributed by atoms with Gasteiger partial charge in [0.25, 0.3) is 0 Å². The van der Waals surface area contributed by atoms with Crippen molar-refractivity contribution < 1.29 is 9.18 Å². The Kier molecular flexibility index (Phi) is 4.17. The topological polar surface area (TPSA) is 44.2 Å². The normalized spacial score (nSPS) is 9.94. The van der Waals surface area contributed by atoms with Crippen LogP contribution >= 0.6 is 0 Å². The van der Waals surface area contributed by atoms with Crippen LogP contribution in [0.25, 0.3) is 0 Å². The van der Waals surface area contributed by atoms with Crippen molar-refractivity contribution in [1.82, 2.24) is 4.90 Å². The van der Waals surface area contributed by atoms with Crippen LogP contribution < -0.4 is 0 Å². The minimum atomic E-state index is -0.581. The quantitative estimate of drug-likeness (QED) is 0.482. The molecule has 0 heterocycles. The largest absolute Gasteiger partial charge is 0.360 e. The SMILES string of the molecule is CCCN(C)C(=N)c1ccc(C=O)c(F)c1. The highest BCUT2D eigenvalue weighted by molar-refractivity contribution is 5.96. The van der Waals surface area contributed by atoms with Crippen LogP contribution in [0.1, 0.15) is 29.3 Å². The van der Waals surface area contributed by atoms with Crippen LogP contribution in [-0.2, 0) is 0 Å². The number of aldehydes is 1. The minimum absolute atomic E-state index is 0.0229. The first-order valence-corrected chi connectivity index (χ1v) is 5.15. The summed E-state index contributed by atoms with van der Waals surface area (Å²) in [5, 5.41) is 7.83. The molecule has 0 aliphatic rings. The van der Waals surface area contributed by atoms with E-state index < -0.39 is 5.82 Å². The first kappa shape index (κ1) is 12.4. The summed E-state index contributed by atoms with van der Waals surface area (Å²) in [6.45, 7) is 2.76. The first-order chi connectivity index (χ1) is 7.60. The fourth-order valence-electron chi connectivity index (χ4n) is 1.44. The number of rotatable bonds is 4. The fourth-order valence-corrected chi connectivity index (χ4v) is 1.44. The summed E-state index contributed by atoms with van der Waals surface area (Å²) in [5.41, 5.74) is 0.508. The Balaban J connectivity index is 2.92. The van der Waals surface area contributed by atoms with Gasteiger partial charge in [0.15, 0.2) is 6.29 Å². The van der Waals surface area contributed by atoms with Crippen molar-refractivity contribution in [2.24, 2.45) is 0 Å². The molecule has 4 heteroatoms. The average Bonchev–Trinajstić information content (AvgIpc) is 2.28. The molecule has 1 N–H and O–H groups in total. The lowest BCUT2D eigenvalue weighted by Crippen LogP contribution is -2.27. The molecule has 0 amide bonds. The number of benzene rings is 1. The second-order valence-corrected chi connectivity index (χ2v) is 3.62. The van der Waals surface area contributed by atoms with Gasteiger partial charge < -0.3 is 4.90 Å².